The van der Waals surface area contributed by atoms with Crippen LogP contribution in [0.3, 0.4) is 0 Å². The van der Waals surface area contributed by atoms with E-state index < -0.39 is 97.2 Å². The van der Waals surface area contributed by atoms with E-state index in [2.05, 4.69) is 27.1 Å². The zero-order valence-electron chi connectivity index (χ0n) is 18.3. The predicted molar refractivity (Wildman–Crippen MR) is 111 cm³/mol. The summed E-state index contributed by atoms with van der Waals surface area (Å²) in [5.74, 6) is -2.40. The van der Waals surface area contributed by atoms with E-state index in [9.17, 15) is 95.9 Å². The maximum absolute atomic E-state index is 12.3. The van der Waals surface area contributed by atoms with Gasteiger partial charge in [-0.2, -0.15) is 7.94 Å². The van der Waals surface area contributed by atoms with Gasteiger partial charge in [-0.05, 0) is 0 Å². The molecule has 0 radical (unpaired) electrons. The van der Waals surface area contributed by atoms with Crippen LogP contribution in [-0.2, 0) is 54.5 Å². The molecule has 1 fully saturated rings. The second-order valence-corrected chi connectivity index (χ2v) is 17.1. The number of hydrogen-bond acceptors (Lipinski definition) is 15. The molecule has 0 amide bonds. The quantitative estimate of drug-likeness (QED) is 0.0742. The molecule has 3 unspecified atom stereocenters. The maximum atomic E-state index is 12.3. The van der Waals surface area contributed by atoms with Crippen LogP contribution >= 0.6 is 54.7 Å². The van der Waals surface area contributed by atoms with E-state index in [-0.39, 0.29) is 0 Å². The van der Waals surface area contributed by atoms with Crippen LogP contribution in [-0.4, -0.2) is 96.4 Å². The van der Waals surface area contributed by atoms with Gasteiger partial charge in [0.05, 0.1) is 0 Å². The summed E-state index contributed by atoms with van der Waals surface area (Å²) in [4.78, 5) is 135. The fraction of sp³-hybridized carbons (Fsp3) is 1.00. The first-order valence-electron chi connectivity index (χ1n) is 8.99. The molecule has 40 heavy (non-hydrogen) atoms. The van der Waals surface area contributed by atoms with Crippen molar-refractivity contribution < 1.29 is 123 Å². The fourth-order valence-electron chi connectivity index (χ4n) is 3.08. The average molecular weight is 736 g/mol. The van der Waals surface area contributed by atoms with Crippen LogP contribution in [0.1, 0.15) is 0 Å². The average Bonchev–Trinajstić information content (AvgIpc) is 2.57. The van der Waals surface area contributed by atoms with Crippen molar-refractivity contribution in [2.75, 3.05) is 5.90 Å². The highest BCUT2D eigenvalue weighted by atomic mass is 31.3. The molecule has 1 saturated carbocycles. The first-order valence-corrected chi connectivity index (χ1v) is 20.1. The third-order valence-corrected chi connectivity index (χ3v) is 9.85. The summed E-state index contributed by atoms with van der Waals surface area (Å²) < 4.78 is 94.9. The van der Waals surface area contributed by atoms with Crippen molar-refractivity contribution in [3.8, 4) is 0 Å². The molecule has 0 aromatic heterocycles. The molecule has 1 aliphatic carbocycles. The molecule has 1 aliphatic rings. The van der Waals surface area contributed by atoms with Gasteiger partial charge < -0.3 is 68.5 Å². The summed E-state index contributed by atoms with van der Waals surface area (Å²) in [6.07, 6.45) is -19.7. The van der Waals surface area contributed by atoms with E-state index >= 15 is 0 Å². The summed E-state index contributed by atoms with van der Waals surface area (Å²) in [5, 5.41) is 0. The SMILES string of the molecule is O=P(O)(O)OC1[C@@H](OP(=O)(O)O)[C@H](OP(=O)(O)O)C(OP(=O)(O)C[P+]([O-])([O-])[O-])[C@H](OP(=O)(O)O)[C@H]1OP(=O)(O)O. The molecule has 11 N–H and O–H groups in total. The Kier molecular flexibility index (Phi) is 12.8. The van der Waals surface area contributed by atoms with Crippen LogP contribution in [0, 0.1) is 0 Å². The molecule has 1 rings (SSSR count). The lowest BCUT2D eigenvalue weighted by molar-refractivity contribution is -0.426. The molecule has 33 heteroatoms. The van der Waals surface area contributed by atoms with Gasteiger partial charge in [0.25, 0.3) is 0 Å². The zero-order chi connectivity index (χ0) is 31.9. The van der Waals surface area contributed by atoms with Crippen LogP contribution < -0.4 is 14.7 Å². The van der Waals surface area contributed by atoms with Crippen molar-refractivity contribution in [1.82, 2.24) is 0 Å². The second-order valence-electron chi connectivity index (χ2n) is 7.26. The fourth-order valence-corrected chi connectivity index (χ4v) is 8.50. The van der Waals surface area contributed by atoms with Gasteiger partial charge in [-0.25, -0.2) is 22.8 Å². The van der Waals surface area contributed by atoms with Gasteiger partial charge in [0.15, 0.2) is 0 Å². The molecule has 26 nitrogen and oxygen atoms in total. The lowest BCUT2D eigenvalue weighted by Gasteiger charge is -2.49. The van der Waals surface area contributed by atoms with Gasteiger partial charge in [0, 0.05) is 0 Å². The summed E-state index contributed by atoms with van der Waals surface area (Å²) in [7, 11) is -42.8. The molecule has 0 aromatic carbocycles. The van der Waals surface area contributed by atoms with E-state index in [0.29, 0.717) is 0 Å². The van der Waals surface area contributed by atoms with Crippen LogP contribution in [0.25, 0.3) is 0 Å². The van der Waals surface area contributed by atoms with E-state index in [1.54, 1.807) is 0 Å². The Morgan fingerprint density at radius 1 is 0.425 bits per heavy atom. The molecule has 0 saturated heterocycles. The standard InChI is InChI=1S/C7H21O26P7/c8-34(9,10)1-35(11,12)28-2-3(29-36(13,14)15)5(31-38(19,20)21)7(33-40(25,26)27)6(32-39(22,23)24)4(2)30-37(16,17)18/h2-7H,1H2,(H,11,12)(H2,8,9,10)(H2,13,14,15)(H2,16,17,18)(H2,19,20,21)(H2,22,23,24)(H2,25,26,27)/p-2/t2?,3-,4+,5+,6-,7?. The van der Waals surface area contributed by atoms with Crippen molar-refractivity contribution in [2.24, 2.45) is 0 Å². The molecule has 0 heterocycles. The first kappa shape index (κ1) is 39.0. The predicted octanol–water partition coefficient (Wildman–Crippen LogP) is -5.24. The summed E-state index contributed by atoms with van der Waals surface area (Å²) in [5.41, 5.74) is 0. The van der Waals surface area contributed by atoms with Gasteiger partial charge in [-0.1, -0.05) is 0 Å². The number of rotatable bonds is 14. The highest BCUT2D eigenvalue weighted by Crippen LogP contribution is 2.60. The Hall–Kier alpha value is 1.01. The molecular formula is C7H19O26P7-2. The van der Waals surface area contributed by atoms with Crippen molar-refractivity contribution >= 4 is 54.7 Å². The van der Waals surface area contributed by atoms with Crippen molar-refractivity contribution in [3.05, 3.63) is 0 Å². The van der Waals surface area contributed by atoms with E-state index in [0.717, 1.165) is 0 Å². The van der Waals surface area contributed by atoms with Crippen LogP contribution in [0.15, 0.2) is 0 Å². The Labute approximate surface area is 220 Å². The lowest BCUT2D eigenvalue weighted by Crippen LogP contribution is -2.66. The highest BCUT2D eigenvalue weighted by molar-refractivity contribution is 7.71. The first-order chi connectivity index (χ1) is 17.3. The van der Waals surface area contributed by atoms with Gasteiger partial charge in [-0.3, -0.25) is 31.7 Å². The molecule has 0 aliphatic heterocycles. The molecule has 0 aromatic rings. The van der Waals surface area contributed by atoms with Crippen LogP contribution in [0.2, 0.25) is 0 Å². The molecule has 0 spiro atoms. The van der Waals surface area contributed by atoms with Crippen LogP contribution in [0.4, 0.5) is 0 Å². The minimum absolute atomic E-state index is 2.40. The Bertz CT molecular complexity index is 1100. The molecule has 0 bridgehead atoms. The minimum atomic E-state index is -6.15. The zero-order valence-corrected chi connectivity index (χ0v) is 24.6. The van der Waals surface area contributed by atoms with E-state index in [1.165, 1.54) is 0 Å². The highest BCUT2D eigenvalue weighted by Gasteiger charge is 2.62. The van der Waals surface area contributed by atoms with Gasteiger partial charge in [0.1, 0.15) is 42.5 Å². The Morgan fingerprint density at radius 3 is 0.750 bits per heavy atom. The molecule has 240 valence electrons. The van der Waals surface area contributed by atoms with Gasteiger partial charge in [-0.15, -0.1) is 0 Å². The largest absolute Gasteiger partial charge is 0.687 e. The number of phosphoric acid groups is 5. The van der Waals surface area contributed by atoms with Crippen molar-refractivity contribution in [1.29, 1.82) is 0 Å². The van der Waals surface area contributed by atoms with Crippen molar-refractivity contribution in [2.45, 2.75) is 36.6 Å². The Morgan fingerprint density at radius 2 is 0.600 bits per heavy atom. The molecule has 7 atom stereocenters. The summed E-state index contributed by atoms with van der Waals surface area (Å²) in [6.45, 7) is 0. The summed E-state index contributed by atoms with van der Waals surface area (Å²) in [6, 6.07) is 0. The Balaban J connectivity index is 4.11. The number of hydrogen-bond donors (Lipinski definition) is 11. The third-order valence-electron chi connectivity index (χ3n) is 3.88. The third kappa shape index (κ3) is 15.1. The molecular weight excluding hydrogens is 717 g/mol. The number of phosphoric ester groups is 5. The minimum Gasteiger partial charge on any atom is -0.687 e. The second kappa shape index (κ2) is 13.2. The normalized spacial score (nSPS) is 29.2. The summed E-state index contributed by atoms with van der Waals surface area (Å²) >= 11 is 0. The van der Waals surface area contributed by atoms with E-state index in [4.69, 9.17) is 0 Å². The van der Waals surface area contributed by atoms with Gasteiger partial charge >= 0.3 is 46.7 Å². The van der Waals surface area contributed by atoms with Crippen molar-refractivity contribution in [3.63, 3.8) is 0 Å². The van der Waals surface area contributed by atoms with E-state index in [1.807, 2.05) is 0 Å². The smallest absolute Gasteiger partial charge is 0.470 e. The van der Waals surface area contributed by atoms with Crippen LogP contribution in [0.5, 0.6) is 0 Å². The lowest BCUT2D eigenvalue weighted by atomic mass is 9.85. The monoisotopic (exact) mass is 736 g/mol. The topological polar surface area (TPSA) is 450 Å². The van der Waals surface area contributed by atoms with Gasteiger partial charge in [0.2, 0.25) is 0 Å². The maximum Gasteiger partial charge on any atom is 0.470 e.